The highest BCUT2D eigenvalue weighted by molar-refractivity contribution is 7.85. The summed E-state index contributed by atoms with van der Waals surface area (Å²) < 4.78 is 52.1. The van der Waals surface area contributed by atoms with Gasteiger partial charge in [-0.2, -0.15) is 18.4 Å². The van der Waals surface area contributed by atoms with Crippen molar-refractivity contribution in [3.8, 4) is 17.5 Å². The average Bonchev–Trinajstić information content (AvgIpc) is 3.03. The van der Waals surface area contributed by atoms with Crippen molar-refractivity contribution in [3.63, 3.8) is 0 Å². The number of nitrogens with zero attached hydrogens (tertiary/aromatic N) is 5. The van der Waals surface area contributed by atoms with Crippen molar-refractivity contribution >= 4 is 16.4 Å². The maximum absolute atomic E-state index is 12.8. The van der Waals surface area contributed by atoms with Crippen molar-refractivity contribution in [1.82, 2.24) is 19.4 Å². The maximum Gasteiger partial charge on any atom is 0.433 e. The second-order valence-corrected chi connectivity index (χ2v) is 7.03. The molecule has 1 unspecified atom stereocenters. The molecule has 0 aliphatic carbocycles. The molecule has 0 fully saturated rings. The van der Waals surface area contributed by atoms with Gasteiger partial charge < -0.3 is 0 Å². The minimum atomic E-state index is -4.57. The third-order valence-corrected chi connectivity index (χ3v) is 4.91. The van der Waals surface area contributed by atoms with Crippen LogP contribution < -0.4 is 0 Å². The molecule has 0 bridgehead atoms. The molecular weight excluding hydrogens is 367 g/mol. The van der Waals surface area contributed by atoms with Crippen LogP contribution in [0.1, 0.15) is 18.2 Å². The Labute approximate surface area is 148 Å². The quantitative estimate of drug-likeness (QED) is 0.696. The molecule has 26 heavy (non-hydrogen) atoms. The highest BCUT2D eigenvalue weighted by atomic mass is 32.2. The lowest BCUT2D eigenvalue weighted by Crippen LogP contribution is -2.08. The summed E-state index contributed by atoms with van der Waals surface area (Å²) in [6.45, 7) is 1.74. The number of alkyl halides is 3. The fourth-order valence-electron chi connectivity index (χ4n) is 2.35. The Morgan fingerprint density at radius 2 is 2.08 bits per heavy atom. The first-order chi connectivity index (χ1) is 12.3. The smallest absolute Gasteiger partial charge is 0.290 e. The lowest BCUT2D eigenvalue weighted by molar-refractivity contribution is -0.141. The van der Waals surface area contributed by atoms with Crippen molar-refractivity contribution in [2.75, 3.05) is 5.75 Å². The molecule has 0 radical (unpaired) electrons. The number of hydrogen-bond acceptors (Lipinski definition) is 5. The van der Waals surface area contributed by atoms with Gasteiger partial charge in [-0.1, -0.05) is 6.92 Å². The van der Waals surface area contributed by atoms with Crippen LogP contribution in [-0.4, -0.2) is 29.3 Å². The Morgan fingerprint density at radius 1 is 1.31 bits per heavy atom. The molecule has 0 aliphatic rings. The summed E-state index contributed by atoms with van der Waals surface area (Å²) in [5, 5.41) is 8.81. The number of rotatable bonds is 4. The van der Waals surface area contributed by atoms with Crippen LogP contribution in [0, 0.1) is 11.3 Å². The second-order valence-electron chi connectivity index (χ2n) is 5.32. The summed E-state index contributed by atoms with van der Waals surface area (Å²) in [5.74, 6) is 0.331. The first-order valence-corrected chi connectivity index (χ1v) is 8.82. The molecule has 0 amide bonds. The Morgan fingerprint density at radius 3 is 2.73 bits per heavy atom. The Hall–Kier alpha value is -2.80. The Kier molecular flexibility index (Phi) is 4.73. The van der Waals surface area contributed by atoms with Crippen LogP contribution in [0.4, 0.5) is 13.2 Å². The van der Waals surface area contributed by atoms with Gasteiger partial charge in [0, 0.05) is 24.2 Å². The van der Waals surface area contributed by atoms with Crippen molar-refractivity contribution in [2.24, 2.45) is 0 Å². The van der Waals surface area contributed by atoms with Crippen molar-refractivity contribution in [2.45, 2.75) is 24.4 Å². The highest BCUT2D eigenvalue weighted by Gasteiger charge is 2.33. The molecule has 3 aromatic rings. The first-order valence-electron chi connectivity index (χ1n) is 7.50. The molecule has 3 aromatic heterocycles. The molecule has 0 N–H and O–H groups in total. The summed E-state index contributed by atoms with van der Waals surface area (Å²) in [6.07, 6.45) is -0.482. The van der Waals surface area contributed by atoms with E-state index in [0.29, 0.717) is 21.9 Å². The molecule has 3 heterocycles. The monoisotopic (exact) mass is 379 g/mol. The van der Waals surface area contributed by atoms with Crippen molar-refractivity contribution in [3.05, 3.63) is 42.1 Å². The molecule has 0 saturated carbocycles. The van der Waals surface area contributed by atoms with E-state index in [-0.39, 0.29) is 17.8 Å². The highest BCUT2D eigenvalue weighted by Crippen LogP contribution is 2.29. The third kappa shape index (κ3) is 3.43. The minimum Gasteiger partial charge on any atom is -0.290 e. The molecule has 1 atom stereocenters. The molecule has 3 rings (SSSR count). The van der Waals surface area contributed by atoms with Gasteiger partial charge in [-0.05, 0) is 11.6 Å². The van der Waals surface area contributed by atoms with E-state index in [1.54, 1.807) is 13.0 Å². The zero-order valence-corrected chi connectivity index (χ0v) is 14.3. The van der Waals surface area contributed by atoms with Gasteiger partial charge >= 0.3 is 6.18 Å². The van der Waals surface area contributed by atoms with Crippen LogP contribution in [0.15, 0.2) is 35.7 Å². The van der Waals surface area contributed by atoms with E-state index in [1.807, 2.05) is 6.07 Å². The zero-order chi connectivity index (χ0) is 18.9. The molecule has 0 saturated heterocycles. The van der Waals surface area contributed by atoms with Gasteiger partial charge in [0.1, 0.15) is 29.1 Å². The molecular formula is C16H12F3N5OS. The van der Waals surface area contributed by atoms with E-state index in [4.69, 9.17) is 5.26 Å². The van der Waals surface area contributed by atoms with E-state index in [1.165, 1.54) is 16.8 Å². The molecule has 0 aromatic carbocycles. The standard InChI is InChI=1S/C16H12F3N5OS/c1-2-26(25)12-5-10(3-4-20)7-21-15(12)11-8-24-9-22-13(16(17,18)19)6-14(24)23-11/h5-9H,2-3H2,1H3. The van der Waals surface area contributed by atoms with Gasteiger partial charge in [0.15, 0.2) is 0 Å². The zero-order valence-electron chi connectivity index (χ0n) is 13.5. The van der Waals surface area contributed by atoms with E-state index < -0.39 is 22.7 Å². The Balaban J connectivity index is 2.13. The second kappa shape index (κ2) is 6.84. The van der Waals surface area contributed by atoms with E-state index >= 15 is 0 Å². The van der Waals surface area contributed by atoms with Crippen LogP contribution in [-0.2, 0) is 23.4 Å². The number of nitriles is 1. The average molecular weight is 379 g/mol. The molecule has 10 heteroatoms. The number of fused-ring (bicyclic) bond motifs is 1. The van der Waals surface area contributed by atoms with Crippen molar-refractivity contribution in [1.29, 1.82) is 5.26 Å². The number of hydrogen-bond donors (Lipinski definition) is 0. The molecule has 134 valence electrons. The van der Waals surface area contributed by atoms with Gasteiger partial charge in [-0.3, -0.25) is 13.6 Å². The number of aromatic nitrogens is 4. The lowest BCUT2D eigenvalue weighted by atomic mass is 10.2. The van der Waals surface area contributed by atoms with Gasteiger partial charge in [0.2, 0.25) is 0 Å². The van der Waals surface area contributed by atoms with Gasteiger partial charge in [-0.15, -0.1) is 0 Å². The van der Waals surface area contributed by atoms with Crippen LogP contribution >= 0.6 is 0 Å². The summed E-state index contributed by atoms with van der Waals surface area (Å²) in [7, 11) is -1.37. The van der Waals surface area contributed by atoms with Gasteiger partial charge in [0.25, 0.3) is 0 Å². The topological polar surface area (TPSA) is 83.9 Å². The van der Waals surface area contributed by atoms with Gasteiger partial charge in [-0.25, -0.2) is 9.97 Å². The number of pyridine rings is 1. The summed E-state index contributed by atoms with van der Waals surface area (Å²) in [6, 6.07) is 4.45. The largest absolute Gasteiger partial charge is 0.433 e. The normalized spacial score (nSPS) is 12.9. The van der Waals surface area contributed by atoms with Crippen LogP contribution in [0.2, 0.25) is 0 Å². The predicted molar refractivity (Wildman–Crippen MR) is 87.5 cm³/mol. The van der Waals surface area contributed by atoms with Gasteiger partial charge in [0.05, 0.1) is 28.2 Å². The van der Waals surface area contributed by atoms with E-state index in [9.17, 15) is 17.4 Å². The summed E-state index contributed by atoms with van der Waals surface area (Å²) in [5.41, 5.74) is 0.212. The minimum absolute atomic E-state index is 0.0541. The molecule has 0 spiro atoms. The van der Waals surface area contributed by atoms with Crippen LogP contribution in [0.25, 0.3) is 17.0 Å². The third-order valence-electron chi connectivity index (χ3n) is 3.58. The number of halogens is 3. The Bertz CT molecular complexity index is 1040. The maximum atomic E-state index is 12.8. The number of imidazole rings is 1. The summed E-state index contributed by atoms with van der Waals surface area (Å²) >= 11 is 0. The van der Waals surface area contributed by atoms with Crippen LogP contribution in [0.5, 0.6) is 0 Å². The first kappa shape index (κ1) is 18.0. The predicted octanol–water partition coefficient (Wildman–Crippen LogP) is 3.00. The lowest BCUT2D eigenvalue weighted by Gasteiger charge is -2.06. The van der Waals surface area contributed by atoms with E-state index in [0.717, 1.165) is 12.4 Å². The molecule has 6 nitrogen and oxygen atoms in total. The van der Waals surface area contributed by atoms with E-state index in [2.05, 4.69) is 15.0 Å². The SMILES string of the molecule is CCS(=O)c1cc(CC#N)cnc1-c1cn2cnc(C(F)(F)F)cc2n1. The summed E-state index contributed by atoms with van der Waals surface area (Å²) in [4.78, 5) is 12.2. The van der Waals surface area contributed by atoms with Crippen molar-refractivity contribution < 1.29 is 17.4 Å². The molecule has 0 aliphatic heterocycles. The fraction of sp³-hybridized carbons (Fsp3) is 0.250. The van der Waals surface area contributed by atoms with Crippen LogP contribution in [0.3, 0.4) is 0 Å². The fourth-order valence-corrected chi connectivity index (χ4v) is 3.32.